The van der Waals surface area contributed by atoms with Gasteiger partial charge in [0.1, 0.15) is 17.8 Å². The van der Waals surface area contributed by atoms with E-state index in [0.717, 1.165) is 12.1 Å². The molecule has 0 saturated carbocycles. The molecule has 0 aliphatic rings. The molecule has 2 N–H and O–H groups in total. The maximum absolute atomic E-state index is 12.2. The molecule has 25 heavy (non-hydrogen) atoms. The predicted molar refractivity (Wildman–Crippen MR) is 102 cm³/mol. The average Bonchev–Trinajstić information content (AvgIpc) is 2.54. The summed E-state index contributed by atoms with van der Waals surface area (Å²) in [6.45, 7) is 11.5. The van der Waals surface area contributed by atoms with E-state index < -0.39 is 0 Å². The van der Waals surface area contributed by atoms with E-state index in [1.54, 1.807) is 6.07 Å². The number of carbonyl (C=O) groups is 1. The van der Waals surface area contributed by atoms with Crippen molar-refractivity contribution in [3.63, 3.8) is 0 Å². The van der Waals surface area contributed by atoms with Crippen LogP contribution in [-0.2, 0) is 5.41 Å². The van der Waals surface area contributed by atoms with Gasteiger partial charge in [0.25, 0.3) is 5.91 Å². The Morgan fingerprint density at radius 2 is 1.80 bits per heavy atom. The third kappa shape index (κ3) is 5.85. The molecule has 0 fully saturated rings. The zero-order valence-electron chi connectivity index (χ0n) is 15.8. The second-order valence-corrected chi connectivity index (χ2v) is 7.68. The normalized spacial score (nSPS) is 11.4. The summed E-state index contributed by atoms with van der Waals surface area (Å²) in [5.74, 6) is 0.987. The molecule has 0 atom stereocenters. The number of carbonyl (C=O) groups excluding carboxylic acids is 1. The fraction of sp³-hybridized carbons (Fsp3) is 0.450. The second kappa shape index (κ2) is 8.10. The maximum Gasteiger partial charge on any atom is 0.270 e. The number of nitrogens with one attached hydrogen (secondary N) is 2. The minimum absolute atomic E-state index is 0.120. The van der Waals surface area contributed by atoms with Crippen LogP contribution in [0.25, 0.3) is 0 Å². The van der Waals surface area contributed by atoms with E-state index in [-0.39, 0.29) is 11.3 Å². The Bertz CT molecular complexity index is 702. The molecule has 0 unspecified atom stereocenters. The Morgan fingerprint density at radius 1 is 1.12 bits per heavy atom. The number of hydrogen-bond acceptors (Lipinski definition) is 4. The highest BCUT2D eigenvalue weighted by Gasteiger charge is 2.13. The first-order chi connectivity index (χ1) is 11.8. The lowest BCUT2D eigenvalue weighted by Crippen LogP contribution is -2.26. The number of nitrogens with zero attached hydrogens (tertiary/aromatic N) is 2. The second-order valence-electron chi connectivity index (χ2n) is 7.68. The largest absolute Gasteiger partial charge is 0.351 e. The lowest BCUT2D eigenvalue weighted by molar-refractivity contribution is 0.0947. The SMILES string of the molecule is CC(C)CCNC(=O)c1cc(Nc2ccc(C(C)(C)C)cc2)ncn1. The highest BCUT2D eigenvalue weighted by Crippen LogP contribution is 2.24. The molecular formula is C20H28N4O. The van der Waals surface area contributed by atoms with Gasteiger partial charge >= 0.3 is 0 Å². The Balaban J connectivity index is 2.02. The van der Waals surface area contributed by atoms with E-state index in [9.17, 15) is 4.79 Å². The lowest BCUT2D eigenvalue weighted by Gasteiger charge is -2.19. The standard InChI is InChI=1S/C20H28N4O/c1-14(2)10-11-21-19(25)17-12-18(23-13-22-17)24-16-8-6-15(7-9-16)20(3,4)5/h6-9,12-14H,10-11H2,1-5H3,(H,21,25)(H,22,23,24). The summed E-state index contributed by atoms with van der Waals surface area (Å²) in [7, 11) is 0. The van der Waals surface area contributed by atoms with Crippen LogP contribution >= 0.6 is 0 Å². The van der Waals surface area contributed by atoms with Gasteiger partial charge in [0.2, 0.25) is 0 Å². The smallest absolute Gasteiger partial charge is 0.270 e. The van der Waals surface area contributed by atoms with Crippen molar-refractivity contribution in [2.45, 2.75) is 46.5 Å². The molecule has 1 aromatic heterocycles. The van der Waals surface area contributed by atoms with Crippen LogP contribution in [0.5, 0.6) is 0 Å². The molecular weight excluding hydrogens is 312 g/mol. The van der Waals surface area contributed by atoms with Crippen LogP contribution in [0.15, 0.2) is 36.7 Å². The van der Waals surface area contributed by atoms with E-state index in [0.29, 0.717) is 24.0 Å². The molecule has 5 nitrogen and oxygen atoms in total. The van der Waals surface area contributed by atoms with Gasteiger partial charge in [-0.15, -0.1) is 0 Å². The van der Waals surface area contributed by atoms with E-state index in [1.165, 1.54) is 11.9 Å². The molecule has 134 valence electrons. The van der Waals surface area contributed by atoms with Crippen molar-refractivity contribution < 1.29 is 4.79 Å². The van der Waals surface area contributed by atoms with Crippen LogP contribution in [0.4, 0.5) is 11.5 Å². The van der Waals surface area contributed by atoms with Gasteiger partial charge in [-0.2, -0.15) is 0 Å². The van der Waals surface area contributed by atoms with Crippen molar-refractivity contribution in [1.82, 2.24) is 15.3 Å². The molecule has 0 spiro atoms. The number of amides is 1. The number of rotatable bonds is 6. The summed E-state index contributed by atoms with van der Waals surface area (Å²) < 4.78 is 0. The molecule has 2 rings (SSSR count). The van der Waals surface area contributed by atoms with E-state index in [4.69, 9.17) is 0 Å². The molecule has 0 bridgehead atoms. The Hall–Kier alpha value is -2.43. The van der Waals surface area contributed by atoms with E-state index in [1.807, 2.05) is 12.1 Å². The first-order valence-corrected chi connectivity index (χ1v) is 8.73. The molecule has 1 heterocycles. The summed E-state index contributed by atoms with van der Waals surface area (Å²) in [4.78, 5) is 20.4. The summed E-state index contributed by atoms with van der Waals surface area (Å²) in [5, 5.41) is 6.11. The highest BCUT2D eigenvalue weighted by molar-refractivity contribution is 5.92. The molecule has 0 aliphatic carbocycles. The van der Waals surface area contributed by atoms with Gasteiger partial charge in [0.15, 0.2) is 0 Å². The number of benzene rings is 1. The molecule has 1 amide bonds. The van der Waals surface area contributed by atoms with Crippen molar-refractivity contribution in [2.24, 2.45) is 5.92 Å². The van der Waals surface area contributed by atoms with Gasteiger partial charge in [0.05, 0.1) is 0 Å². The quantitative estimate of drug-likeness (QED) is 0.823. The third-order valence-electron chi connectivity index (χ3n) is 3.93. The minimum Gasteiger partial charge on any atom is -0.351 e. The number of anilines is 2. The molecule has 0 saturated heterocycles. The summed E-state index contributed by atoms with van der Waals surface area (Å²) in [6.07, 6.45) is 2.35. The van der Waals surface area contributed by atoms with Gasteiger partial charge in [-0.1, -0.05) is 46.8 Å². The first kappa shape index (κ1) is 18.9. The molecule has 1 aromatic carbocycles. The van der Waals surface area contributed by atoms with Crippen molar-refractivity contribution in [1.29, 1.82) is 0 Å². The maximum atomic E-state index is 12.2. The van der Waals surface area contributed by atoms with Crippen LogP contribution in [-0.4, -0.2) is 22.4 Å². The van der Waals surface area contributed by atoms with Crippen LogP contribution in [0.3, 0.4) is 0 Å². The van der Waals surface area contributed by atoms with Crippen molar-refractivity contribution >= 4 is 17.4 Å². The van der Waals surface area contributed by atoms with E-state index in [2.05, 4.69) is 67.4 Å². The van der Waals surface area contributed by atoms with Crippen molar-refractivity contribution in [3.8, 4) is 0 Å². The Kier molecular flexibility index (Phi) is 6.12. The predicted octanol–water partition coefficient (Wildman–Crippen LogP) is 4.29. The summed E-state index contributed by atoms with van der Waals surface area (Å²) in [6, 6.07) is 9.91. The highest BCUT2D eigenvalue weighted by atomic mass is 16.1. The number of aromatic nitrogens is 2. The Labute approximate surface area is 150 Å². The Morgan fingerprint density at radius 3 is 2.40 bits per heavy atom. The van der Waals surface area contributed by atoms with Crippen LogP contribution in [0.2, 0.25) is 0 Å². The van der Waals surface area contributed by atoms with Crippen LogP contribution in [0, 0.1) is 5.92 Å². The fourth-order valence-corrected chi connectivity index (χ4v) is 2.32. The monoisotopic (exact) mass is 340 g/mol. The fourth-order valence-electron chi connectivity index (χ4n) is 2.32. The van der Waals surface area contributed by atoms with Gasteiger partial charge < -0.3 is 10.6 Å². The van der Waals surface area contributed by atoms with Gasteiger partial charge in [-0.25, -0.2) is 9.97 Å². The van der Waals surface area contributed by atoms with Gasteiger partial charge in [-0.05, 0) is 35.4 Å². The molecule has 5 heteroatoms. The zero-order chi connectivity index (χ0) is 18.4. The first-order valence-electron chi connectivity index (χ1n) is 8.73. The van der Waals surface area contributed by atoms with Crippen LogP contribution in [0.1, 0.15) is 57.1 Å². The summed E-state index contributed by atoms with van der Waals surface area (Å²) in [5.41, 5.74) is 2.69. The van der Waals surface area contributed by atoms with Gasteiger partial charge in [0, 0.05) is 18.3 Å². The molecule has 0 radical (unpaired) electrons. The lowest BCUT2D eigenvalue weighted by atomic mass is 9.87. The third-order valence-corrected chi connectivity index (χ3v) is 3.93. The topological polar surface area (TPSA) is 66.9 Å². The van der Waals surface area contributed by atoms with Crippen molar-refractivity contribution in [2.75, 3.05) is 11.9 Å². The molecule has 0 aliphatic heterocycles. The number of hydrogen-bond donors (Lipinski definition) is 2. The van der Waals surface area contributed by atoms with Crippen LogP contribution < -0.4 is 10.6 Å². The molecule has 2 aromatic rings. The van der Waals surface area contributed by atoms with Gasteiger partial charge in [-0.3, -0.25) is 4.79 Å². The minimum atomic E-state index is -0.172. The van der Waals surface area contributed by atoms with Crippen molar-refractivity contribution in [3.05, 3.63) is 47.9 Å². The average molecular weight is 340 g/mol. The summed E-state index contributed by atoms with van der Waals surface area (Å²) >= 11 is 0. The van der Waals surface area contributed by atoms with E-state index >= 15 is 0 Å². The zero-order valence-corrected chi connectivity index (χ0v) is 15.8.